The molecule has 0 bridgehead atoms. The van der Waals surface area contributed by atoms with Crippen molar-refractivity contribution in [3.05, 3.63) is 30.3 Å². The molecule has 1 aromatic rings. The first kappa shape index (κ1) is 17.1. The molecule has 2 aliphatic rings. The van der Waals surface area contributed by atoms with Crippen molar-refractivity contribution in [2.45, 2.75) is 30.2 Å². The maximum atomic E-state index is 12.4. The van der Waals surface area contributed by atoms with E-state index in [4.69, 9.17) is 4.74 Å². The zero-order valence-electron chi connectivity index (χ0n) is 13.9. The highest BCUT2D eigenvalue weighted by atomic mass is 32.2. The summed E-state index contributed by atoms with van der Waals surface area (Å²) in [5, 5.41) is 0. The van der Waals surface area contributed by atoms with E-state index in [0.29, 0.717) is 6.04 Å². The van der Waals surface area contributed by atoms with Gasteiger partial charge in [-0.1, -0.05) is 24.6 Å². The van der Waals surface area contributed by atoms with Gasteiger partial charge in [0.2, 0.25) is 0 Å². The summed E-state index contributed by atoms with van der Waals surface area (Å²) in [4.78, 5) is 6.05. The highest BCUT2D eigenvalue weighted by Gasteiger charge is 2.25. The van der Waals surface area contributed by atoms with Gasteiger partial charge < -0.3 is 4.74 Å². The van der Waals surface area contributed by atoms with Crippen LogP contribution in [0.1, 0.15) is 19.3 Å². The monoisotopic (exact) mass is 336 g/mol. The molecule has 0 aromatic heterocycles. The Morgan fingerprint density at radius 3 is 2.65 bits per heavy atom. The Hall–Kier alpha value is -0.750. The van der Waals surface area contributed by atoms with Crippen molar-refractivity contribution in [2.75, 3.05) is 51.7 Å². The quantitative estimate of drug-likeness (QED) is 0.795. The molecule has 2 atom stereocenters. The number of hydrogen-bond acceptors (Lipinski definition) is 4. The van der Waals surface area contributed by atoms with Gasteiger partial charge in [-0.15, -0.1) is 0 Å². The molecule has 0 saturated carbocycles. The van der Waals surface area contributed by atoms with Gasteiger partial charge in [-0.2, -0.15) is 0 Å². The van der Waals surface area contributed by atoms with E-state index in [-0.39, 0.29) is 0 Å². The standard InChI is InChI=1S/C18H28N2O2S/c21-23(18-7-2-1-3-8-18)15-12-20-9-5-4-6-17(20)16-19-10-13-22-14-11-19/h1-3,7-8,17H,4-6,9-16H2/t17-,23-/m0/s1. The molecule has 0 N–H and O–H groups in total. The number of rotatable bonds is 6. The van der Waals surface area contributed by atoms with Gasteiger partial charge in [0.1, 0.15) is 0 Å². The van der Waals surface area contributed by atoms with Crippen LogP contribution in [0.3, 0.4) is 0 Å². The maximum Gasteiger partial charge on any atom is 0.0594 e. The fraction of sp³-hybridized carbons (Fsp3) is 0.667. The Kier molecular flexibility index (Phi) is 6.63. The van der Waals surface area contributed by atoms with Crippen molar-refractivity contribution in [1.82, 2.24) is 9.80 Å². The molecule has 0 aliphatic carbocycles. The molecule has 1 aromatic carbocycles. The summed E-state index contributed by atoms with van der Waals surface area (Å²) >= 11 is 0. The van der Waals surface area contributed by atoms with Crippen LogP contribution >= 0.6 is 0 Å². The summed E-state index contributed by atoms with van der Waals surface area (Å²) in [6.45, 7) is 7.08. The van der Waals surface area contributed by atoms with Gasteiger partial charge in [-0.3, -0.25) is 14.0 Å². The molecule has 128 valence electrons. The predicted molar refractivity (Wildman–Crippen MR) is 94.2 cm³/mol. The SMILES string of the molecule is O=[S@@](CCN1CCCC[C@H]1CN1CCOCC1)c1ccccc1. The lowest BCUT2D eigenvalue weighted by atomic mass is 10.0. The van der Waals surface area contributed by atoms with Gasteiger partial charge in [0.15, 0.2) is 0 Å². The zero-order valence-corrected chi connectivity index (χ0v) is 14.7. The topological polar surface area (TPSA) is 32.8 Å². The molecular formula is C18H28N2O2S. The van der Waals surface area contributed by atoms with E-state index in [1.807, 2.05) is 30.3 Å². The van der Waals surface area contributed by atoms with Crippen molar-refractivity contribution in [3.8, 4) is 0 Å². The highest BCUT2D eigenvalue weighted by molar-refractivity contribution is 7.85. The molecule has 5 heteroatoms. The fourth-order valence-electron chi connectivity index (χ4n) is 3.53. The van der Waals surface area contributed by atoms with Crippen LogP contribution in [0.5, 0.6) is 0 Å². The number of likely N-dealkylation sites (tertiary alicyclic amines) is 1. The van der Waals surface area contributed by atoms with Crippen molar-refractivity contribution in [1.29, 1.82) is 0 Å². The van der Waals surface area contributed by atoms with Gasteiger partial charge in [-0.25, -0.2) is 0 Å². The third-order valence-electron chi connectivity index (χ3n) is 4.89. The number of hydrogen-bond donors (Lipinski definition) is 0. The molecule has 2 saturated heterocycles. The van der Waals surface area contributed by atoms with Crippen LogP contribution in [-0.2, 0) is 15.5 Å². The third-order valence-corrected chi connectivity index (χ3v) is 6.24. The van der Waals surface area contributed by atoms with Crippen LogP contribution in [0.2, 0.25) is 0 Å². The van der Waals surface area contributed by atoms with Gasteiger partial charge in [0.25, 0.3) is 0 Å². The lowest BCUT2D eigenvalue weighted by Crippen LogP contribution is -2.50. The molecule has 4 nitrogen and oxygen atoms in total. The number of piperidine rings is 1. The molecule has 2 fully saturated rings. The van der Waals surface area contributed by atoms with E-state index in [2.05, 4.69) is 9.80 Å². The Morgan fingerprint density at radius 1 is 1.09 bits per heavy atom. The Bertz CT molecular complexity index is 491. The summed E-state index contributed by atoms with van der Waals surface area (Å²) in [5.74, 6) is 0.740. The summed E-state index contributed by atoms with van der Waals surface area (Å²) in [6.07, 6.45) is 3.88. The van der Waals surface area contributed by atoms with Crippen LogP contribution in [0.15, 0.2) is 35.2 Å². The van der Waals surface area contributed by atoms with Crippen molar-refractivity contribution in [3.63, 3.8) is 0 Å². The summed E-state index contributed by atoms with van der Waals surface area (Å²) < 4.78 is 17.9. The summed E-state index contributed by atoms with van der Waals surface area (Å²) in [5.41, 5.74) is 0. The van der Waals surface area contributed by atoms with E-state index in [0.717, 1.165) is 56.6 Å². The number of nitrogens with zero attached hydrogens (tertiary/aromatic N) is 2. The zero-order chi connectivity index (χ0) is 15.9. The van der Waals surface area contributed by atoms with Gasteiger partial charge >= 0.3 is 0 Å². The smallest absolute Gasteiger partial charge is 0.0594 e. The van der Waals surface area contributed by atoms with Crippen LogP contribution in [0.25, 0.3) is 0 Å². The van der Waals surface area contributed by atoms with Crippen molar-refractivity contribution in [2.24, 2.45) is 0 Å². The van der Waals surface area contributed by atoms with Crippen LogP contribution in [0.4, 0.5) is 0 Å². The number of benzene rings is 1. The van der Waals surface area contributed by atoms with E-state index in [9.17, 15) is 4.21 Å². The summed E-state index contributed by atoms with van der Waals surface area (Å²) in [7, 11) is -0.882. The van der Waals surface area contributed by atoms with Crippen molar-refractivity contribution < 1.29 is 8.95 Å². The second-order valence-electron chi connectivity index (χ2n) is 6.46. The molecule has 23 heavy (non-hydrogen) atoms. The second kappa shape index (κ2) is 8.92. The summed E-state index contributed by atoms with van der Waals surface area (Å²) in [6, 6.07) is 10.5. The first-order valence-corrected chi connectivity index (χ1v) is 10.1. The van der Waals surface area contributed by atoms with Crippen LogP contribution in [-0.4, -0.2) is 71.7 Å². The molecule has 2 aliphatic heterocycles. The maximum absolute atomic E-state index is 12.4. The van der Waals surface area contributed by atoms with E-state index < -0.39 is 10.8 Å². The Labute approximate surface area is 142 Å². The van der Waals surface area contributed by atoms with Crippen LogP contribution in [0, 0.1) is 0 Å². The Balaban J connectivity index is 1.51. The molecule has 0 radical (unpaired) electrons. The second-order valence-corrected chi connectivity index (χ2v) is 8.03. The number of morpholine rings is 1. The highest BCUT2D eigenvalue weighted by Crippen LogP contribution is 2.19. The Morgan fingerprint density at radius 2 is 1.87 bits per heavy atom. The van der Waals surface area contributed by atoms with Gasteiger partial charge in [0.05, 0.1) is 24.0 Å². The van der Waals surface area contributed by atoms with Gasteiger partial charge in [0, 0.05) is 42.9 Å². The fourth-order valence-corrected chi connectivity index (χ4v) is 4.63. The molecule has 3 rings (SSSR count). The minimum absolute atomic E-state index is 0.620. The van der Waals surface area contributed by atoms with Crippen molar-refractivity contribution >= 4 is 10.8 Å². The largest absolute Gasteiger partial charge is 0.379 e. The lowest BCUT2D eigenvalue weighted by molar-refractivity contribution is 0.0177. The minimum Gasteiger partial charge on any atom is -0.379 e. The minimum atomic E-state index is -0.882. The van der Waals surface area contributed by atoms with E-state index in [1.54, 1.807) is 0 Å². The van der Waals surface area contributed by atoms with E-state index >= 15 is 0 Å². The molecule has 0 amide bonds. The van der Waals surface area contributed by atoms with Gasteiger partial charge in [-0.05, 0) is 31.5 Å². The average Bonchev–Trinajstić information content (AvgIpc) is 2.62. The first-order valence-electron chi connectivity index (χ1n) is 8.80. The number of ether oxygens (including phenoxy) is 1. The normalized spacial score (nSPS) is 25.3. The van der Waals surface area contributed by atoms with E-state index in [1.165, 1.54) is 19.3 Å². The third kappa shape index (κ3) is 5.11. The average molecular weight is 337 g/mol. The molecule has 2 heterocycles. The predicted octanol–water partition coefficient (Wildman–Crippen LogP) is 1.98. The van der Waals surface area contributed by atoms with Crippen LogP contribution < -0.4 is 0 Å². The first-order chi connectivity index (χ1) is 11.3. The molecule has 0 unspecified atom stereocenters. The molecule has 0 spiro atoms. The lowest BCUT2D eigenvalue weighted by Gasteiger charge is -2.39. The molecular weight excluding hydrogens is 308 g/mol.